The van der Waals surface area contributed by atoms with E-state index in [-0.39, 0.29) is 11.6 Å². The Morgan fingerprint density at radius 1 is 1.65 bits per heavy atom. The normalized spacial score (nSPS) is 13.5. The van der Waals surface area contributed by atoms with Gasteiger partial charge in [-0.15, -0.1) is 0 Å². The Kier molecular flexibility index (Phi) is 4.08. The summed E-state index contributed by atoms with van der Waals surface area (Å²) in [6, 6.07) is -0.530. The minimum absolute atomic E-state index is 0.0465. The molecule has 0 aliphatic carbocycles. The number of hydrogen-bond acceptors (Lipinski definition) is 5. The third-order valence-corrected chi connectivity index (χ3v) is 2.30. The number of oxime groups is 1. The van der Waals surface area contributed by atoms with Crippen molar-refractivity contribution >= 4 is 11.7 Å². The molecule has 1 amide bonds. The second kappa shape index (κ2) is 5.33. The number of rotatable bonds is 4. The van der Waals surface area contributed by atoms with Gasteiger partial charge in [0.15, 0.2) is 11.7 Å². The molecule has 7 heteroatoms. The first-order chi connectivity index (χ1) is 7.99. The van der Waals surface area contributed by atoms with Gasteiger partial charge in [0.05, 0.1) is 11.7 Å². The zero-order valence-electron chi connectivity index (χ0n) is 10.0. The molecule has 1 aromatic rings. The van der Waals surface area contributed by atoms with Gasteiger partial charge in [-0.1, -0.05) is 12.1 Å². The van der Waals surface area contributed by atoms with Crippen molar-refractivity contribution in [1.82, 2.24) is 10.3 Å². The lowest BCUT2D eigenvalue weighted by atomic mass is 10.2. The zero-order chi connectivity index (χ0) is 13.0. The molecule has 1 aromatic heterocycles. The summed E-state index contributed by atoms with van der Waals surface area (Å²) in [6.07, 6.45) is 0.508. The van der Waals surface area contributed by atoms with E-state index >= 15 is 0 Å². The summed E-state index contributed by atoms with van der Waals surface area (Å²) in [5.74, 6) is 0.0903. The Morgan fingerprint density at radius 3 is 2.71 bits per heavy atom. The maximum absolute atomic E-state index is 11.8. The first-order valence-electron chi connectivity index (χ1n) is 5.21. The largest absolute Gasteiger partial charge is 0.436 e. The molecule has 0 radical (unpaired) electrons. The molecule has 17 heavy (non-hydrogen) atoms. The van der Waals surface area contributed by atoms with Gasteiger partial charge >= 0.3 is 0 Å². The standard InChI is InChI=1S/C10H16N4O3/c1-4-7(9(11)14-16)13-10(15)8-5(2)12-6(3)17-8/h7,16H,4H2,1-3H3,(H2,11,14)(H,13,15). The summed E-state index contributed by atoms with van der Waals surface area (Å²) >= 11 is 0. The van der Waals surface area contributed by atoms with Crippen LogP contribution in [-0.2, 0) is 0 Å². The van der Waals surface area contributed by atoms with Crippen LogP contribution in [0.2, 0.25) is 0 Å². The molecule has 1 heterocycles. The summed E-state index contributed by atoms with van der Waals surface area (Å²) in [5.41, 5.74) is 5.95. The quantitative estimate of drug-likeness (QED) is 0.308. The Labute approximate surface area is 98.7 Å². The van der Waals surface area contributed by atoms with Gasteiger partial charge < -0.3 is 20.7 Å². The molecule has 0 saturated heterocycles. The van der Waals surface area contributed by atoms with Crippen molar-refractivity contribution in [2.75, 3.05) is 0 Å². The molecule has 1 rings (SSSR count). The first-order valence-corrected chi connectivity index (χ1v) is 5.21. The number of nitrogens with one attached hydrogen (secondary N) is 1. The summed E-state index contributed by atoms with van der Waals surface area (Å²) in [7, 11) is 0. The van der Waals surface area contributed by atoms with E-state index in [9.17, 15) is 4.79 Å². The van der Waals surface area contributed by atoms with Crippen LogP contribution in [0.15, 0.2) is 9.57 Å². The van der Waals surface area contributed by atoms with Crippen LogP contribution in [0.4, 0.5) is 0 Å². The number of hydrogen-bond donors (Lipinski definition) is 3. The van der Waals surface area contributed by atoms with Gasteiger partial charge in [0.25, 0.3) is 5.91 Å². The lowest BCUT2D eigenvalue weighted by Gasteiger charge is -2.14. The van der Waals surface area contributed by atoms with Gasteiger partial charge in [0.2, 0.25) is 5.76 Å². The molecule has 94 valence electrons. The van der Waals surface area contributed by atoms with Gasteiger partial charge in [-0.3, -0.25) is 4.79 Å². The molecule has 0 aromatic carbocycles. The number of nitrogens with zero attached hydrogens (tertiary/aromatic N) is 2. The molecule has 0 aliphatic rings. The van der Waals surface area contributed by atoms with Crippen LogP contribution in [-0.4, -0.2) is 28.0 Å². The second-order valence-electron chi connectivity index (χ2n) is 3.61. The SMILES string of the molecule is CCC(NC(=O)c1oc(C)nc1C)C(N)=NO. The molecule has 7 nitrogen and oxygen atoms in total. The van der Waals surface area contributed by atoms with Crippen LogP contribution in [0.25, 0.3) is 0 Å². The van der Waals surface area contributed by atoms with E-state index in [0.717, 1.165) is 0 Å². The third kappa shape index (κ3) is 2.96. The van der Waals surface area contributed by atoms with Crippen LogP contribution in [0.5, 0.6) is 0 Å². The maximum atomic E-state index is 11.8. The molecule has 0 fully saturated rings. The fourth-order valence-electron chi connectivity index (χ4n) is 1.42. The van der Waals surface area contributed by atoms with Gasteiger partial charge in [-0.25, -0.2) is 4.98 Å². The van der Waals surface area contributed by atoms with E-state index < -0.39 is 11.9 Å². The molecule has 1 atom stereocenters. The van der Waals surface area contributed by atoms with Crippen molar-refractivity contribution in [2.45, 2.75) is 33.2 Å². The topological polar surface area (TPSA) is 114 Å². The molecule has 0 spiro atoms. The summed E-state index contributed by atoms with van der Waals surface area (Å²) < 4.78 is 5.17. The fourth-order valence-corrected chi connectivity index (χ4v) is 1.42. The second-order valence-corrected chi connectivity index (χ2v) is 3.61. The Hall–Kier alpha value is -2.05. The van der Waals surface area contributed by atoms with Crippen molar-refractivity contribution in [3.05, 3.63) is 17.3 Å². The summed E-state index contributed by atoms with van der Waals surface area (Å²) in [4.78, 5) is 15.8. The molecular formula is C10H16N4O3. The van der Waals surface area contributed by atoms with Gasteiger partial charge in [-0.2, -0.15) is 0 Å². The lowest BCUT2D eigenvalue weighted by molar-refractivity contribution is 0.0915. The van der Waals surface area contributed by atoms with Crippen LogP contribution in [0.3, 0.4) is 0 Å². The number of aryl methyl sites for hydroxylation is 2. The number of amidine groups is 1. The smallest absolute Gasteiger partial charge is 0.289 e. The molecular weight excluding hydrogens is 224 g/mol. The first kappa shape index (κ1) is 13.0. The van der Waals surface area contributed by atoms with Gasteiger partial charge in [-0.05, 0) is 13.3 Å². The van der Waals surface area contributed by atoms with Gasteiger partial charge in [0.1, 0.15) is 0 Å². The number of oxazole rings is 1. The van der Waals surface area contributed by atoms with Crippen molar-refractivity contribution in [1.29, 1.82) is 0 Å². The highest BCUT2D eigenvalue weighted by Crippen LogP contribution is 2.09. The summed E-state index contributed by atoms with van der Waals surface area (Å²) in [6.45, 7) is 5.14. The lowest BCUT2D eigenvalue weighted by Crippen LogP contribution is -2.44. The van der Waals surface area contributed by atoms with Crippen molar-refractivity contribution in [3.8, 4) is 0 Å². The highest BCUT2D eigenvalue weighted by Gasteiger charge is 2.20. The average Bonchev–Trinajstić information content (AvgIpc) is 2.64. The van der Waals surface area contributed by atoms with Crippen molar-refractivity contribution < 1.29 is 14.4 Å². The van der Waals surface area contributed by atoms with Crippen LogP contribution in [0, 0.1) is 13.8 Å². The van der Waals surface area contributed by atoms with Crippen molar-refractivity contribution in [2.24, 2.45) is 10.9 Å². The Balaban J connectivity index is 2.81. The van der Waals surface area contributed by atoms with Crippen LogP contribution in [0.1, 0.15) is 35.5 Å². The maximum Gasteiger partial charge on any atom is 0.289 e. The highest BCUT2D eigenvalue weighted by molar-refractivity contribution is 5.96. The minimum Gasteiger partial charge on any atom is -0.436 e. The molecule has 0 saturated carbocycles. The number of amides is 1. The summed E-state index contributed by atoms with van der Waals surface area (Å²) in [5, 5.41) is 14.0. The number of carbonyl (C=O) groups excluding carboxylic acids is 1. The molecule has 4 N–H and O–H groups in total. The van der Waals surface area contributed by atoms with E-state index in [1.165, 1.54) is 0 Å². The molecule has 0 bridgehead atoms. The highest BCUT2D eigenvalue weighted by atomic mass is 16.4. The minimum atomic E-state index is -0.530. The molecule has 0 aliphatic heterocycles. The number of carbonyl (C=O) groups is 1. The Bertz CT molecular complexity index is 439. The van der Waals surface area contributed by atoms with E-state index in [1.807, 2.05) is 6.92 Å². The number of nitrogens with two attached hydrogens (primary N) is 1. The predicted molar refractivity (Wildman–Crippen MR) is 60.9 cm³/mol. The van der Waals surface area contributed by atoms with Crippen LogP contribution >= 0.6 is 0 Å². The zero-order valence-corrected chi connectivity index (χ0v) is 10.0. The average molecular weight is 240 g/mol. The van der Waals surface area contributed by atoms with E-state index in [2.05, 4.69) is 15.5 Å². The Morgan fingerprint density at radius 2 is 2.29 bits per heavy atom. The predicted octanol–water partition coefficient (Wildman–Crippen LogP) is 0.546. The fraction of sp³-hybridized carbons (Fsp3) is 0.500. The van der Waals surface area contributed by atoms with Gasteiger partial charge in [0, 0.05) is 6.92 Å². The third-order valence-electron chi connectivity index (χ3n) is 2.30. The van der Waals surface area contributed by atoms with Crippen LogP contribution < -0.4 is 11.1 Å². The van der Waals surface area contributed by atoms with E-state index in [4.69, 9.17) is 15.4 Å². The van der Waals surface area contributed by atoms with E-state index in [1.54, 1.807) is 13.8 Å². The monoisotopic (exact) mass is 240 g/mol. The molecule has 1 unspecified atom stereocenters. The van der Waals surface area contributed by atoms with Crippen molar-refractivity contribution in [3.63, 3.8) is 0 Å². The number of aromatic nitrogens is 1. The van der Waals surface area contributed by atoms with E-state index in [0.29, 0.717) is 18.0 Å².